The summed E-state index contributed by atoms with van der Waals surface area (Å²) in [6.45, 7) is 4.64. The Morgan fingerprint density at radius 2 is 1.88 bits per heavy atom. The molecule has 1 N–H and O–H groups in total. The van der Waals surface area contributed by atoms with E-state index in [0.29, 0.717) is 18.8 Å². The molecule has 0 aliphatic rings. The van der Waals surface area contributed by atoms with Gasteiger partial charge in [-0.25, -0.2) is 8.78 Å². The van der Waals surface area contributed by atoms with Gasteiger partial charge in [0.2, 0.25) is 0 Å². The Balaban J connectivity index is 4.43. The van der Waals surface area contributed by atoms with E-state index in [0.717, 1.165) is 12.8 Å². The van der Waals surface area contributed by atoms with Gasteiger partial charge in [-0.15, -0.1) is 0 Å². The van der Waals surface area contributed by atoms with E-state index in [1.54, 1.807) is 4.90 Å². The number of halogens is 2. The zero-order chi connectivity index (χ0) is 12.6. The lowest BCUT2D eigenvalue weighted by molar-refractivity contribution is 0.0535. The Morgan fingerprint density at radius 1 is 1.31 bits per heavy atom. The molecule has 0 aliphatic heterocycles. The first kappa shape index (κ1) is 16.1. The first-order valence-electron chi connectivity index (χ1n) is 5.75. The summed E-state index contributed by atoms with van der Waals surface area (Å²) < 4.78 is 24.7. The smallest absolute Gasteiger partial charge is 0.251 e. The van der Waals surface area contributed by atoms with Crippen molar-refractivity contribution in [2.24, 2.45) is 5.41 Å². The second-order valence-electron chi connectivity index (χ2n) is 4.22. The van der Waals surface area contributed by atoms with Gasteiger partial charge in [-0.1, -0.05) is 13.8 Å². The first-order valence-corrected chi connectivity index (χ1v) is 6.39. The minimum absolute atomic E-state index is 0.0207. The molecule has 0 amide bonds. The third-order valence-corrected chi connectivity index (χ3v) is 3.88. The van der Waals surface area contributed by atoms with Crippen molar-refractivity contribution >= 4 is 12.6 Å². The van der Waals surface area contributed by atoms with E-state index in [1.165, 1.54) is 0 Å². The Kier molecular flexibility index (Phi) is 8.32. The van der Waals surface area contributed by atoms with Crippen LogP contribution in [0.1, 0.15) is 26.7 Å². The number of thiol groups is 1. The number of aliphatic hydroxyl groups is 1. The van der Waals surface area contributed by atoms with Crippen molar-refractivity contribution < 1.29 is 13.9 Å². The van der Waals surface area contributed by atoms with Gasteiger partial charge in [0.25, 0.3) is 6.43 Å². The van der Waals surface area contributed by atoms with Crippen LogP contribution in [-0.4, -0.2) is 48.4 Å². The molecule has 0 saturated carbocycles. The molecule has 0 aliphatic carbocycles. The highest BCUT2D eigenvalue weighted by molar-refractivity contribution is 7.80. The van der Waals surface area contributed by atoms with Crippen LogP contribution in [0.4, 0.5) is 8.78 Å². The van der Waals surface area contributed by atoms with Crippen molar-refractivity contribution in [2.75, 3.05) is 32.0 Å². The Labute approximate surface area is 102 Å². The number of rotatable bonds is 9. The van der Waals surface area contributed by atoms with Crippen LogP contribution < -0.4 is 0 Å². The molecule has 0 spiro atoms. The maximum Gasteiger partial charge on any atom is 0.251 e. The fourth-order valence-corrected chi connectivity index (χ4v) is 2.34. The molecule has 0 bridgehead atoms. The molecule has 0 aromatic carbocycles. The molecule has 16 heavy (non-hydrogen) atoms. The minimum Gasteiger partial charge on any atom is -0.395 e. The van der Waals surface area contributed by atoms with Gasteiger partial charge >= 0.3 is 0 Å². The summed E-state index contributed by atoms with van der Waals surface area (Å²) in [7, 11) is 0. The molecule has 0 rings (SSSR count). The number of hydrogen-bond donors (Lipinski definition) is 2. The summed E-state index contributed by atoms with van der Waals surface area (Å²) in [5.41, 5.74) is -0.0207. The predicted octanol–water partition coefficient (Wildman–Crippen LogP) is 2.28. The molecule has 0 saturated heterocycles. The van der Waals surface area contributed by atoms with Gasteiger partial charge in [0.1, 0.15) is 0 Å². The molecule has 2 nitrogen and oxygen atoms in total. The van der Waals surface area contributed by atoms with Crippen LogP contribution in [0.3, 0.4) is 0 Å². The summed E-state index contributed by atoms with van der Waals surface area (Å²) in [5.74, 6) is 0.686. The zero-order valence-electron chi connectivity index (χ0n) is 10.1. The minimum atomic E-state index is -2.35. The first-order chi connectivity index (χ1) is 7.53. The quantitative estimate of drug-likeness (QED) is 0.618. The SMILES string of the molecule is CCC(CC)(CS)CN(CCO)CC(F)F. The molecule has 0 atom stereocenters. The molecule has 0 radical (unpaired) electrons. The van der Waals surface area contributed by atoms with Gasteiger partial charge in [0.05, 0.1) is 13.2 Å². The third-order valence-electron chi connectivity index (χ3n) is 3.21. The Morgan fingerprint density at radius 3 is 2.19 bits per heavy atom. The zero-order valence-corrected chi connectivity index (χ0v) is 11.0. The lowest BCUT2D eigenvalue weighted by Gasteiger charge is -2.35. The summed E-state index contributed by atoms with van der Waals surface area (Å²) in [4.78, 5) is 1.63. The average molecular weight is 255 g/mol. The maximum atomic E-state index is 12.4. The molecular formula is C11H23F2NOS. The molecule has 0 unspecified atom stereocenters. The van der Waals surface area contributed by atoms with Gasteiger partial charge in [0, 0.05) is 13.1 Å². The highest BCUT2D eigenvalue weighted by atomic mass is 32.1. The number of nitrogens with zero attached hydrogens (tertiary/aromatic N) is 1. The van der Waals surface area contributed by atoms with Crippen LogP contribution >= 0.6 is 12.6 Å². The number of aliphatic hydroxyl groups excluding tert-OH is 1. The molecule has 5 heteroatoms. The van der Waals surface area contributed by atoms with Crippen molar-refractivity contribution in [1.82, 2.24) is 4.90 Å². The van der Waals surface area contributed by atoms with Crippen LogP contribution in [0.5, 0.6) is 0 Å². The lowest BCUT2D eigenvalue weighted by Crippen LogP contribution is -2.42. The molecule has 0 aromatic heterocycles. The molecular weight excluding hydrogens is 232 g/mol. The average Bonchev–Trinajstić information content (AvgIpc) is 2.25. The van der Waals surface area contributed by atoms with Crippen LogP contribution in [0.2, 0.25) is 0 Å². The van der Waals surface area contributed by atoms with Crippen molar-refractivity contribution in [1.29, 1.82) is 0 Å². The molecule has 98 valence electrons. The van der Waals surface area contributed by atoms with E-state index in [9.17, 15) is 8.78 Å². The van der Waals surface area contributed by atoms with Crippen molar-refractivity contribution in [3.63, 3.8) is 0 Å². The predicted molar refractivity (Wildman–Crippen MR) is 66.4 cm³/mol. The van der Waals surface area contributed by atoms with E-state index in [2.05, 4.69) is 26.5 Å². The fourth-order valence-electron chi connectivity index (χ4n) is 1.79. The highest BCUT2D eigenvalue weighted by Crippen LogP contribution is 2.29. The van der Waals surface area contributed by atoms with E-state index in [4.69, 9.17) is 5.11 Å². The molecule has 0 heterocycles. The van der Waals surface area contributed by atoms with Crippen molar-refractivity contribution in [2.45, 2.75) is 33.1 Å². The van der Waals surface area contributed by atoms with E-state index < -0.39 is 6.43 Å². The third kappa shape index (κ3) is 5.46. The molecule has 0 fully saturated rings. The summed E-state index contributed by atoms with van der Waals surface area (Å²) in [6, 6.07) is 0. The number of hydrogen-bond acceptors (Lipinski definition) is 3. The van der Waals surface area contributed by atoms with E-state index in [-0.39, 0.29) is 18.6 Å². The van der Waals surface area contributed by atoms with Gasteiger partial charge in [-0.05, 0) is 24.0 Å². The van der Waals surface area contributed by atoms with Crippen LogP contribution in [-0.2, 0) is 0 Å². The monoisotopic (exact) mass is 255 g/mol. The highest BCUT2D eigenvalue weighted by Gasteiger charge is 2.28. The summed E-state index contributed by atoms with van der Waals surface area (Å²) >= 11 is 4.32. The maximum absolute atomic E-state index is 12.4. The standard InChI is InChI=1S/C11H23F2NOS/c1-3-11(4-2,9-16)8-14(5-6-15)7-10(12)13/h10,15-16H,3-9H2,1-2H3. The van der Waals surface area contributed by atoms with E-state index >= 15 is 0 Å². The summed E-state index contributed by atoms with van der Waals surface area (Å²) in [5, 5.41) is 8.86. The Bertz CT molecular complexity index is 169. The normalized spacial score (nSPS) is 12.8. The number of alkyl halides is 2. The lowest BCUT2D eigenvalue weighted by atomic mass is 9.84. The Hall–Kier alpha value is 0.130. The van der Waals surface area contributed by atoms with Crippen LogP contribution in [0.15, 0.2) is 0 Å². The second-order valence-corrected chi connectivity index (χ2v) is 4.53. The fraction of sp³-hybridized carbons (Fsp3) is 1.00. The van der Waals surface area contributed by atoms with Crippen molar-refractivity contribution in [3.05, 3.63) is 0 Å². The largest absolute Gasteiger partial charge is 0.395 e. The van der Waals surface area contributed by atoms with Gasteiger partial charge in [-0.3, -0.25) is 4.90 Å². The van der Waals surface area contributed by atoms with Crippen LogP contribution in [0, 0.1) is 5.41 Å². The summed E-state index contributed by atoms with van der Waals surface area (Å²) in [6.07, 6.45) is -0.519. The van der Waals surface area contributed by atoms with E-state index in [1.807, 2.05) is 0 Å². The van der Waals surface area contributed by atoms with Gasteiger partial charge in [-0.2, -0.15) is 12.6 Å². The molecule has 0 aromatic rings. The van der Waals surface area contributed by atoms with Gasteiger partial charge in [0.15, 0.2) is 0 Å². The van der Waals surface area contributed by atoms with Crippen molar-refractivity contribution in [3.8, 4) is 0 Å². The second kappa shape index (κ2) is 8.25. The van der Waals surface area contributed by atoms with Crippen LogP contribution in [0.25, 0.3) is 0 Å². The van der Waals surface area contributed by atoms with Gasteiger partial charge < -0.3 is 5.11 Å². The topological polar surface area (TPSA) is 23.5 Å².